The second-order valence-electron chi connectivity index (χ2n) is 5.40. The SMILES string of the molecule is CC1CCCCN1C(=O)c1cnc2cc(F)ccc2c1. The van der Waals surface area contributed by atoms with Crippen molar-refractivity contribution in [2.24, 2.45) is 0 Å². The lowest BCUT2D eigenvalue weighted by molar-refractivity contribution is 0.0635. The molecule has 2 heterocycles. The van der Waals surface area contributed by atoms with Gasteiger partial charge in [0.15, 0.2) is 0 Å². The molecule has 0 saturated carbocycles. The average Bonchev–Trinajstić information content (AvgIpc) is 2.46. The molecule has 0 radical (unpaired) electrons. The molecule has 104 valence electrons. The number of hydrogen-bond acceptors (Lipinski definition) is 2. The van der Waals surface area contributed by atoms with Crippen LogP contribution in [0, 0.1) is 5.82 Å². The number of nitrogens with zero attached hydrogens (tertiary/aromatic N) is 2. The Balaban J connectivity index is 1.93. The van der Waals surface area contributed by atoms with Gasteiger partial charge in [0.1, 0.15) is 5.82 Å². The zero-order chi connectivity index (χ0) is 14.1. The van der Waals surface area contributed by atoms with Crippen molar-refractivity contribution in [1.82, 2.24) is 9.88 Å². The highest BCUT2D eigenvalue weighted by molar-refractivity contribution is 5.97. The minimum absolute atomic E-state index is 0.0240. The second-order valence-corrected chi connectivity index (χ2v) is 5.40. The summed E-state index contributed by atoms with van der Waals surface area (Å²) in [5, 5.41) is 0.793. The number of hydrogen-bond donors (Lipinski definition) is 0. The molecule has 4 heteroatoms. The van der Waals surface area contributed by atoms with Gasteiger partial charge in [-0.25, -0.2) is 4.39 Å². The Morgan fingerprint density at radius 2 is 2.20 bits per heavy atom. The zero-order valence-electron chi connectivity index (χ0n) is 11.5. The first kappa shape index (κ1) is 13.0. The number of likely N-dealkylation sites (tertiary alicyclic amines) is 1. The molecule has 3 rings (SSSR count). The molecule has 3 nitrogen and oxygen atoms in total. The van der Waals surface area contributed by atoms with E-state index in [1.54, 1.807) is 18.3 Å². The topological polar surface area (TPSA) is 33.2 Å². The average molecular weight is 272 g/mol. The van der Waals surface area contributed by atoms with Crippen molar-refractivity contribution in [3.8, 4) is 0 Å². The van der Waals surface area contributed by atoms with Crippen molar-refractivity contribution in [3.05, 3.63) is 41.8 Å². The molecule has 1 aromatic carbocycles. The predicted molar refractivity (Wildman–Crippen MR) is 76.1 cm³/mol. The van der Waals surface area contributed by atoms with Crippen molar-refractivity contribution < 1.29 is 9.18 Å². The minimum Gasteiger partial charge on any atom is -0.336 e. The van der Waals surface area contributed by atoms with E-state index in [2.05, 4.69) is 11.9 Å². The number of fused-ring (bicyclic) bond motifs is 1. The van der Waals surface area contributed by atoms with E-state index in [9.17, 15) is 9.18 Å². The van der Waals surface area contributed by atoms with E-state index >= 15 is 0 Å². The molecule has 0 bridgehead atoms. The van der Waals surface area contributed by atoms with Crippen LogP contribution in [0.25, 0.3) is 10.9 Å². The zero-order valence-corrected chi connectivity index (χ0v) is 11.5. The van der Waals surface area contributed by atoms with Gasteiger partial charge in [-0.3, -0.25) is 9.78 Å². The Kier molecular flexibility index (Phi) is 3.38. The maximum absolute atomic E-state index is 13.1. The molecule has 1 unspecified atom stereocenters. The lowest BCUT2D eigenvalue weighted by Crippen LogP contribution is -2.42. The van der Waals surface area contributed by atoms with Gasteiger partial charge in [-0.2, -0.15) is 0 Å². The fraction of sp³-hybridized carbons (Fsp3) is 0.375. The summed E-state index contributed by atoms with van der Waals surface area (Å²) in [7, 11) is 0. The molecule has 2 aromatic rings. The fourth-order valence-corrected chi connectivity index (χ4v) is 2.78. The molecule has 0 N–H and O–H groups in total. The van der Waals surface area contributed by atoms with Gasteiger partial charge in [-0.1, -0.05) is 0 Å². The Morgan fingerprint density at radius 1 is 1.35 bits per heavy atom. The maximum atomic E-state index is 13.1. The molecule has 1 amide bonds. The number of halogens is 1. The maximum Gasteiger partial charge on any atom is 0.255 e. The number of piperidine rings is 1. The van der Waals surface area contributed by atoms with Gasteiger partial charge >= 0.3 is 0 Å². The first-order valence-corrected chi connectivity index (χ1v) is 7.01. The fourth-order valence-electron chi connectivity index (χ4n) is 2.78. The van der Waals surface area contributed by atoms with E-state index in [0.717, 1.165) is 24.8 Å². The number of amides is 1. The summed E-state index contributed by atoms with van der Waals surface area (Å²) in [4.78, 5) is 18.6. The van der Waals surface area contributed by atoms with Crippen molar-refractivity contribution in [1.29, 1.82) is 0 Å². The van der Waals surface area contributed by atoms with Gasteiger partial charge in [0.25, 0.3) is 5.91 Å². The highest BCUT2D eigenvalue weighted by atomic mass is 19.1. The lowest BCUT2D eigenvalue weighted by Gasteiger charge is -2.33. The van der Waals surface area contributed by atoms with Crippen LogP contribution >= 0.6 is 0 Å². The van der Waals surface area contributed by atoms with Gasteiger partial charge in [0.05, 0.1) is 11.1 Å². The third kappa shape index (κ3) is 2.38. The third-order valence-corrected chi connectivity index (χ3v) is 3.96. The van der Waals surface area contributed by atoms with E-state index in [0.29, 0.717) is 11.1 Å². The number of rotatable bonds is 1. The Bertz CT molecular complexity index is 656. The monoisotopic (exact) mass is 272 g/mol. The first-order chi connectivity index (χ1) is 9.65. The number of aromatic nitrogens is 1. The normalized spacial score (nSPS) is 19.3. The first-order valence-electron chi connectivity index (χ1n) is 7.01. The summed E-state index contributed by atoms with van der Waals surface area (Å²) < 4.78 is 13.1. The van der Waals surface area contributed by atoms with Crippen LogP contribution in [0.3, 0.4) is 0 Å². The van der Waals surface area contributed by atoms with Crippen molar-refractivity contribution in [3.63, 3.8) is 0 Å². The molecule has 1 aromatic heterocycles. The quantitative estimate of drug-likeness (QED) is 0.797. The molecule has 0 aliphatic carbocycles. The van der Waals surface area contributed by atoms with Crippen molar-refractivity contribution in [2.75, 3.05) is 6.54 Å². The van der Waals surface area contributed by atoms with Gasteiger partial charge in [-0.15, -0.1) is 0 Å². The number of carbonyl (C=O) groups excluding carboxylic acids is 1. The Morgan fingerprint density at radius 3 is 3.00 bits per heavy atom. The summed E-state index contributed by atoms with van der Waals surface area (Å²) in [5.74, 6) is -0.287. The number of pyridine rings is 1. The Labute approximate surface area is 117 Å². The largest absolute Gasteiger partial charge is 0.336 e. The Hall–Kier alpha value is -1.97. The number of benzene rings is 1. The van der Waals surface area contributed by atoms with Crippen LogP contribution < -0.4 is 0 Å². The number of carbonyl (C=O) groups is 1. The summed E-state index contributed by atoms with van der Waals surface area (Å²) in [5.41, 5.74) is 1.16. The van der Waals surface area contributed by atoms with Gasteiger partial charge in [-0.05, 0) is 44.4 Å². The second kappa shape index (κ2) is 5.19. The summed E-state index contributed by atoms with van der Waals surface area (Å²) in [6.45, 7) is 2.89. The van der Waals surface area contributed by atoms with E-state index < -0.39 is 0 Å². The van der Waals surface area contributed by atoms with Gasteiger partial charge in [0.2, 0.25) is 0 Å². The van der Waals surface area contributed by atoms with Crippen LogP contribution in [0.2, 0.25) is 0 Å². The highest BCUT2D eigenvalue weighted by Gasteiger charge is 2.24. The van der Waals surface area contributed by atoms with Gasteiger partial charge in [0, 0.05) is 30.2 Å². The van der Waals surface area contributed by atoms with Gasteiger partial charge < -0.3 is 4.90 Å². The third-order valence-electron chi connectivity index (χ3n) is 3.96. The molecule has 0 spiro atoms. The molecule has 20 heavy (non-hydrogen) atoms. The standard InChI is InChI=1S/C16H17FN2O/c1-11-4-2-3-7-19(11)16(20)13-8-12-5-6-14(17)9-15(12)18-10-13/h5-6,8-11H,2-4,7H2,1H3. The molecule has 1 atom stereocenters. The summed E-state index contributed by atoms with van der Waals surface area (Å²) >= 11 is 0. The molecular formula is C16H17FN2O. The van der Waals surface area contributed by atoms with Crippen LogP contribution in [0.15, 0.2) is 30.5 Å². The van der Waals surface area contributed by atoms with Crippen LogP contribution in [-0.4, -0.2) is 28.4 Å². The molecule has 1 fully saturated rings. The summed E-state index contributed by atoms with van der Waals surface area (Å²) in [6.07, 6.45) is 4.84. The molecular weight excluding hydrogens is 255 g/mol. The van der Waals surface area contributed by atoms with Crippen LogP contribution in [0.4, 0.5) is 4.39 Å². The highest BCUT2D eigenvalue weighted by Crippen LogP contribution is 2.21. The van der Waals surface area contributed by atoms with Crippen molar-refractivity contribution >= 4 is 16.8 Å². The van der Waals surface area contributed by atoms with E-state index in [-0.39, 0.29) is 17.8 Å². The molecule has 1 saturated heterocycles. The van der Waals surface area contributed by atoms with Crippen LogP contribution in [-0.2, 0) is 0 Å². The molecule has 1 aliphatic rings. The van der Waals surface area contributed by atoms with E-state index in [1.165, 1.54) is 18.6 Å². The van der Waals surface area contributed by atoms with Crippen molar-refractivity contribution in [2.45, 2.75) is 32.2 Å². The van der Waals surface area contributed by atoms with E-state index in [4.69, 9.17) is 0 Å². The van der Waals surface area contributed by atoms with Crippen LogP contribution in [0.5, 0.6) is 0 Å². The van der Waals surface area contributed by atoms with Crippen LogP contribution in [0.1, 0.15) is 36.5 Å². The molecule has 1 aliphatic heterocycles. The smallest absolute Gasteiger partial charge is 0.255 e. The predicted octanol–water partition coefficient (Wildman–Crippen LogP) is 3.39. The van der Waals surface area contributed by atoms with E-state index in [1.807, 2.05) is 4.90 Å². The minimum atomic E-state index is -0.311. The lowest BCUT2D eigenvalue weighted by atomic mass is 10.0. The summed E-state index contributed by atoms with van der Waals surface area (Å²) in [6, 6.07) is 6.51.